The molecular weight excluding hydrogens is 198 g/mol. The van der Waals surface area contributed by atoms with Gasteiger partial charge in [0.2, 0.25) is 0 Å². The average molecular weight is 225 g/mol. The molecule has 1 unspecified atom stereocenters. The zero-order chi connectivity index (χ0) is 12.6. The highest BCUT2D eigenvalue weighted by molar-refractivity contribution is 5.03. The molecule has 0 radical (unpaired) electrons. The lowest BCUT2D eigenvalue weighted by Crippen LogP contribution is -2.41. The summed E-state index contributed by atoms with van der Waals surface area (Å²) in [5.41, 5.74) is -0.354. The lowest BCUT2D eigenvalue weighted by atomic mass is 9.97. The minimum atomic E-state index is -0.354. The Kier molecular flexibility index (Phi) is 7.36. The van der Waals surface area contributed by atoms with E-state index >= 15 is 0 Å². The van der Waals surface area contributed by atoms with Gasteiger partial charge in [-0.1, -0.05) is 20.8 Å². The largest absolute Gasteiger partial charge is 0.306 e. The summed E-state index contributed by atoms with van der Waals surface area (Å²) >= 11 is 0. The van der Waals surface area contributed by atoms with Crippen LogP contribution in [0.2, 0.25) is 0 Å². The fourth-order valence-electron chi connectivity index (χ4n) is 1.99. The summed E-state index contributed by atoms with van der Waals surface area (Å²) in [6, 6.07) is 2.36. The molecule has 1 N–H and O–H groups in total. The normalized spacial score (nSPS) is 15.1. The van der Waals surface area contributed by atoms with E-state index in [0.717, 1.165) is 32.5 Å². The summed E-state index contributed by atoms with van der Waals surface area (Å²) in [5.74, 6) is 0.709. The molecule has 0 saturated heterocycles. The van der Waals surface area contributed by atoms with Gasteiger partial charge in [-0.15, -0.1) is 0 Å². The van der Waals surface area contributed by atoms with Crippen molar-refractivity contribution in [2.45, 2.75) is 46.1 Å². The molecule has 0 rings (SSSR count). The topological polar surface area (TPSA) is 39.1 Å². The van der Waals surface area contributed by atoms with Crippen molar-refractivity contribution >= 4 is 0 Å². The highest BCUT2D eigenvalue weighted by Gasteiger charge is 2.21. The first-order chi connectivity index (χ1) is 7.43. The van der Waals surface area contributed by atoms with Crippen LogP contribution >= 0.6 is 0 Å². The van der Waals surface area contributed by atoms with Crippen molar-refractivity contribution in [2.24, 2.45) is 5.92 Å². The van der Waals surface area contributed by atoms with E-state index in [1.165, 1.54) is 0 Å². The van der Waals surface area contributed by atoms with Crippen LogP contribution in [0.25, 0.3) is 0 Å². The van der Waals surface area contributed by atoms with Crippen LogP contribution in [0.4, 0.5) is 0 Å². The maximum Gasteiger partial charge on any atom is 0.103 e. The van der Waals surface area contributed by atoms with E-state index in [1.54, 1.807) is 0 Å². The second-order valence-electron chi connectivity index (χ2n) is 5.23. The van der Waals surface area contributed by atoms with Crippen LogP contribution in [-0.2, 0) is 0 Å². The Morgan fingerprint density at radius 1 is 1.44 bits per heavy atom. The monoisotopic (exact) mass is 225 g/mol. The second kappa shape index (κ2) is 7.65. The summed E-state index contributed by atoms with van der Waals surface area (Å²) in [7, 11) is 2.15. The van der Waals surface area contributed by atoms with Gasteiger partial charge in [0, 0.05) is 6.54 Å². The molecule has 16 heavy (non-hydrogen) atoms. The third kappa shape index (κ3) is 6.81. The molecule has 94 valence electrons. The van der Waals surface area contributed by atoms with Crippen LogP contribution in [0.3, 0.4) is 0 Å². The Bertz CT molecular complexity index is 220. The third-order valence-corrected chi connectivity index (χ3v) is 2.71. The number of nitrogens with one attached hydrogen (secondary N) is 1. The van der Waals surface area contributed by atoms with Gasteiger partial charge in [-0.05, 0) is 45.8 Å². The van der Waals surface area contributed by atoms with Crippen molar-refractivity contribution in [2.75, 3.05) is 26.7 Å². The third-order valence-electron chi connectivity index (χ3n) is 2.71. The van der Waals surface area contributed by atoms with Crippen molar-refractivity contribution in [3.8, 4) is 6.07 Å². The van der Waals surface area contributed by atoms with Crippen molar-refractivity contribution in [3.05, 3.63) is 0 Å². The van der Waals surface area contributed by atoms with Gasteiger partial charge in [0.05, 0.1) is 6.07 Å². The van der Waals surface area contributed by atoms with Gasteiger partial charge >= 0.3 is 0 Å². The zero-order valence-corrected chi connectivity index (χ0v) is 11.5. The number of nitriles is 1. The number of rotatable bonds is 8. The van der Waals surface area contributed by atoms with Crippen molar-refractivity contribution < 1.29 is 0 Å². The van der Waals surface area contributed by atoms with Gasteiger partial charge in [0.1, 0.15) is 5.54 Å². The van der Waals surface area contributed by atoms with E-state index < -0.39 is 0 Å². The molecule has 0 amide bonds. The molecule has 0 bridgehead atoms. The minimum Gasteiger partial charge on any atom is -0.306 e. The van der Waals surface area contributed by atoms with Gasteiger partial charge in [-0.3, -0.25) is 5.32 Å². The molecular formula is C13H27N3. The first-order valence-electron chi connectivity index (χ1n) is 6.28. The highest BCUT2D eigenvalue weighted by atomic mass is 15.1. The number of hydrogen-bond acceptors (Lipinski definition) is 3. The molecule has 3 heteroatoms. The number of nitrogens with zero attached hydrogens (tertiary/aromatic N) is 2. The summed E-state index contributed by atoms with van der Waals surface area (Å²) in [6.45, 7) is 11.5. The molecule has 0 aromatic carbocycles. The van der Waals surface area contributed by atoms with Crippen molar-refractivity contribution in [1.29, 1.82) is 5.26 Å². The lowest BCUT2D eigenvalue weighted by Gasteiger charge is -2.24. The summed E-state index contributed by atoms with van der Waals surface area (Å²) < 4.78 is 0. The molecule has 0 spiro atoms. The highest BCUT2D eigenvalue weighted by Crippen LogP contribution is 2.11. The lowest BCUT2D eigenvalue weighted by molar-refractivity contribution is 0.277. The van der Waals surface area contributed by atoms with Crippen LogP contribution in [0.1, 0.15) is 40.5 Å². The van der Waals surface area contributed by atoms with Crippen LogP contribution in [0.5, 0.6) is 0 Å². The Morgan fingerprint density at radius 3 is 2.50 bits per heavy atom. The predicted octanol–water partition coefficient (Wildman–Crippen LogP) is 2.25. The summed E-state index contributed by atoms with van der Waals surface area (Å²) in [5, 5.41) is 12.3. The first-order valence-corrected chi connectivity index (χ1v) is 6.28. The smallest absolute Gasteiger partial charge is 0.103 e. The minimum absolute atomic E-state index is 0.354. The molecule has 0 aliphatic rings. The molecule has 3 nitrogen and oxygen atoms in total. The van der Waals surface area contributed by atoms with E-state index in [9.17, 15) is 0 Å². The predicted molar refractivity (Wildman–Crippen MR) is 69.3 cm³/mol. The maximum atomic E-state index is 9.10. The van der Waals surface area contributed by atoms with Crippen LogP contribution in [0.15, 0.2) is 0 Å². The van der Waals surface area contributed by atoms with E-state index in [2.05, 4.69) is 37.2 Å². The van der Waals surface area contributed by atoms with E-state index in [-0.39, 0.29) is 5.54 Å². The zero-order valence-electron chi connectivity index (χ0n) is 11.5. The van der Waals surface area contributed by atoms with E-state index in [0.29, 0.717) is 5.92 Å². The molecule has 0 heterocycles. The Labute approximate surface area is 101 Å². The summed E-state index contributed by atoms with van der Waals surface area (Å²) in [6.07, 6.45) is 1.99. The van der Waals surface area contributed by atoms with Gasteiger partial charge in [0.25, 0.3) is 0 Å². The van der Waals surface area contributed by atoms with Gasteiger partial charge in [-0.2, -0.15) is 5.26 Å². The Hall–Kier alpha value is -0.590. The van der Waals surface area contributed by atoms with Gasteiger partial charge in [0.15, 0.2) is 0 Å². The fraction of sp³-hybridized carbons (Fsp3) is 0.923. The van der Waals surface area contributed by atoms with Crippen molar-refractivity contribution in [3.63, 3.8) is 0 Å². The standard InChI is InChI=1S/C13H27N3/c1-6-15-13(4,11-14)8-7-9-16(5)10-12(2)3/h12,15H,6-10H2,1-5H3. The summed E-state index contributed by atoms with van der Waals surface area (Å²) in [4.78, 5) is 2.34. The molecule has 0 aliphatic heterocycles. The van der Waals surface area contributed by atoms with Crippen LogP contribution in [0, 0.1) is 17.2 Å². The van der Waals surface area contributed by atoms with Gasteiger partial charge in [-0.25, -0.2) is 0 Å². The average Bonchev–Trinajstić information content (AvgIpc) is 2.17. The van der Waals surface area contributed by atoms with Gasteiger partial charge < -0.3 is 4.90 Å². The van der Waals surface area contributed by atoms with E-state index in [4.69, 9.17) is 5.26 Å². The molecule has 0 aromatic rings. The second-order valence-corrected chi connectivity index (χ2v) is 5.23. The van der Waals surface area contributed by atoms with Crippen LogP contribution < -0.4 is 5.32 Å². The van der Waals surface area contributed by atoms with E-state index in [1.807, 2.05) is 13.8 Å². The molecule has 0 aliphatic carbocycles. The number of hydrogen-bond donors (Lipinski definition) is 1. The quantitative estimate of drug-likeness (QED) is 0.688. The fourth-order valence-corrected chi connectivity index (χ4v) is 1.99. The molecule has 0 saturated carbocycles. The first kappa shape index (κ1) is 15.4. The molecule has 0 fully saturated rings. The van der Waals surface area contributed by atoms with Crippen LogP contribution in [-0.4, -0.2) is 37.1 Å². The van der Waals surface area contributed by atoms with Crippen molar-refractivity contribution in [1.82, 2.24) is 10.2 Å². The molecule has 1 atom stereocenters. The maximum absolute atomic E-state index is 9.10. The Balaban J connectivity index is 3.83. The Morgan fingerprint density at radius 2 is 2.06 bits per heavy atom. The molecule has 0 aromatic heterocycles. The SMILES string of the molecule is CCNC(C)(C#N)CCCN(C)CC(C)C.